The van der Waals surface area contributed by atoms with Crippen LogP contribution in [0.15, 0.2) is 36.2 Å². The van der Waals surface area contributed by atoms with Crippen LogP contribution >= 0.6 is 0 Å². The van der Waals surface area contributed by atoms with Gasteiger partial charge in [0.15, 0.2) is 5.78 Å². The molecule has 0 bridgehead atoms. The molecule has 6 atom stereocenters. The molecule has 8 nitrogen and oxygen atoms in total. The molecule has 4 fully saturated rings. The lowest BCUT2D eigenvalue weighted by molar-refractivity contribution is -0.188. The van der Waals surface area contributed by atoms with E-state index in [1.165, 1.54) is 25.7 Å². The van der Waals surface area contributed by atoms with Crippen molar-refractivity contribution in [1.29, 1.82) is 0 Å². The number of Topliss-reactive ketones (excluding diaryl/α,β-unsaturated/α-hetero) is 1. The Kier molecular flexibility index (Phi) is 7.09. The van der Waals surface area contributed by atoms with E-state index in [9.17, 15) is 9.59 Å². The highest BCUT2D eigenvalue weighted by molar-refractivity contribution is 6.20. The van der Waals surface area contributed by atoms with E-state index in [0.717, 1.165) is 51.0 Å². The van der Waals surface area contributed by atoms with Gasteiger partial charge in [-0.2, -0.15) is 0 Å². The number of ether oxygens (including phenoxy) is 1. The Balaban J connectivity index is 1.20. The second kappa shape index (κ2) is 10.6. The molecule has 6 unspecified atom stereocenters. The molecule has 0 aromatic carbocycles. The van der Waals surface area contributed by atoms with Crippen molar-refractivity contribution in [2.45, 2.75) is 88.2 Å². The van der Waals surface area contributed by atoms with Crippen molar-refractivity contribution >= 4 is 11.7 Å². The van der Waals surface area contributed by atoms with E-state index in [1.54, 1.807) is 0 Å². The van der Waals surface area contributed by atoms with Crippen molar-refractivity contribution in [3.63, 3.8) is 0 Å². The number of hydrogen-bond acceptors (Lipinski definition) is 7. The molecular weight excluding hydrogens is 454 g/mol. The Morgan fingerprint density at radius 3 is 2.78 bits per heavy atom. The summed E-state index contributed by atoms with van der Waals surface area (Å²) in [5.41, 5.74) is 1.36. The zero-order valence-corrected chi connectivity index (χ0v) is 21.1. The summed E-state index contributed by atoms with van der Waals surface area (Å²) in [5, 5.41) is 6.75. The van der Waals surface area contributed by atoms with Crippen LogP contribution in [0.25, 0.3) is 0 Å². The molecule has 2 aliphatic carbocycles. The topological polar surface area (TPSA) is 86.8 Å². The van der Waals surface area contributed by atoms with Gasteiger partial charge in [-0.25, -0.2) is 0 Å². The third-order valence-corrected chi connectivity index (χ3v) is 8.97. The van der Waals surface area contributed by atoms with Crippen LogP contribution in [0, 0.1) is 5.92 Å². The number of nitrogens with one attached hydrogen (secondary N) is 2. The van der Waals surface area contributed by atoms with Crippen molar-refractivity contribution in [2.75, 3.05) is 26.2 Å². The predicted molar refractivity (Wildman–Crippen MR) is 136 cm³/mol. The van der Waals surface area contributed by atoms with Gasteiger partial charge in [-0.05, 0) is 63.7 Å². The van der Waals surface area contributed by atoms with Crippen LogP contribution in [0.1, 0.15) is 57.1 Å². The third-order valence-electron chi connectivity index (χ3n) is 8.97. The number of likely N-dealkylation sites (tertiary alicyclic amines) is 1. The van der Waals surface area contributed by atoms with Gasteiger partial charge in [0.2, 0.25) is 0 Å². The van der Waals surface area contributed by atoms with Gasteiger partial charge < -0.3 is 25.2 Å². The molecule has 2 saturated carbocycles. The molecule has 2 saturated heterocycles. The summed E-state index contributed by atoms with van der Waals surface area (Å²) in [6.07, 6.45) is 12.4. The molecule has 36 heavy (non-hydrogen) atoms. The fourth-order valence-corrected chi connectivity index (χ4v) is 7.15. The van der Waals surface area contributed by atoms with E-state index in [2.05, 4.69) is 25.4 Å². The first kappa shape index (κ1) is 24.1. The molecule has 2 N–H and O–H groups in total. The number of hydrogen-bond donors (Lipinski definition) is 2. The lowest BCUT2D eigenvalue weighted by Crippen LogP contribution is -2.70. The maximum atomic E-state index is 13.6. The summed E-state index contributed by atoms with van der Waals surface area (Å²) in [6, 6.07) is 6.38. The largest absolute Gasteiger partial charge is 0.369 e. The number of nitrogens with zero attached hydrogens (tertiary/aromatic N) is 3. The van der Waals surface area contributed by atoms with E-state index in [-0.39, 0.29) is 47.9 Å². The zero-order valence-electron chi connectivity index (χ0n) is 21.1. The molecule has 5 aliphatic rings. The number of morpholine rings is 1. The van der Waals surface area contributed by atoms with E-state index in [1.807, 2.05) is 30.6 Å². The molecule has 6 rings (SSSR count). The Bertz CT molecular complexity index is 979. The number of ketones is 1. The SMILES string of the molecule is O=C(NCCN1CCCC1)C1=CN2C3CCCCC3OC3C(NCc4ccccn4)CCC(C1=O)C32. The summed E-state index contributed by atoms with van der Waals surface area (Å²) in [6.45, 7) is 4.34. The Hall–Kier alpha value is -2.29. The molecule has 4 heterocycles. The molecular formula is C28H39N5O3. The van der Waals surface area contributed by atoms with Gasteiger partial charge in [0.1, 0.15) is 0 Å². The number of aromatic nitrogens is 1. The third kappa shape index (κ3) is 4.71. The van der Waals surface area contributed by atoms with Crippen molar-refractivity contribution in [3.05, 3.63) is 41.9 Å². The highest BCUT2D eigenvalue weighted by Crippen LogP contribution is 2.44. The highest BCUT2D eigenvalue weighted by Gasteiger charge is 2.55. The molecule has 3 aliphatic heterocycles. The van der Waals surface area contributed by atoms with Crippen LogP contribution < -0.4 is 10.6 Å². The van der Waals surface area contributed by atoms with Crippen molar-refractivity contribution in [1.82, 2.24) is 25.4 Å². The van der Waals surface area contributed by atoms with Crippen LogP contribution in [0.4, 0.5) is 0 Å². The highest BCUT2D eigenvalue weighted by atomic mass is 16.5. The van der Waals surface area contributed by atoms with Gasteiger partial charge >= 0.3 is 0 Å². The summed E-state index contributed by atoms with van der Waals surface area (Å²) >= 11 is 0. The summed E-state index contributed by atoms with van der Waals surface area (Å²) in [5.74, 6) is -0.389. The maximum absolute atomic E-state index is 13.6. The van der Waals surface area contributed by atoms with E-state index < -0.39 is 0 Å². The summed E-state index contributed by atoms with van der Waals surface area (Å²) in [7, 11) is 0. The van der Waals surface area contributed by atoms with E-state index in [0.29, 0.717) is 18.7 Å². The first-order valence-corrected chi connectivity index (χ1v) is 14.0. The number of carbonyl (C=O) groups excluding carboxylic acids is 2. The van der Waals surface area contributed by atoms with Gasteiger partial charge in [-0.1, -0.05) is 18.9 Å². The Morgan fingerprint density at radius 2 is 1.94 bits per heavy atom. The van der Waals surface area contributed by atoms with Crippen molar-refractivity contribution < 1.29 is 14.3 Å². The van der Waals surface area contributed by atoms with E-state index >= 15 is 0 Å². The minimum absolute atomic E-state index is 0.000887. The lowest BCUT2D eigenvalue weighted by atomic mass is 9.70. The Labute approximate surface area is 213 Å². The first-order chi connectivity index (χ1) is 17.7. The van der Waals surface area contributed by atoms with Gasteiger partial charge in [0, 0.05) is 44.0 Å². The molecule has 194 valence electrons. The van der Waals surface area contributed by atoms with Crippen molar-refractivity contribution in [3.8, 4) is 0 Å². The maximum Gasteiger partial charge on any atom is 0.256 e. The fraction of sp³-hybridized carbons (Fsp3) is 0.679. The van der Waals surface area contributed by atoms with Crippen LogP contribution in [-0.4, -0.2) is 83.0 Å². The number of rotatable bonds is 7. The fourth-order valence-electron chi connectivity index (χ4n) is 7.15. The molecule has 8 heteroatoms. The van der Waals surface area contributed by atoms with Gasteiger partial charge in [0.05, 0.1) is 35.6 Å². The number of amides is 1. The number of pyridine rings is 1. The number of fused-ring (bicyclic) bond motifs is 2. The molecule has 1 aromatic rings. The lowest BCUT2D eigenvalue weighted by Gasteiger charge is -2.58. The minimum Gasteiger partial charge on any atom is -0.369 e. The van der Waals surface area contributed by atoms with Gasteiger partial charge in [-0.3, -0.25) is 14.6 Å². The van der Waals surface area contributed by atoms with Gasteiger partial charge in [0.25, 0.3) is 5.91 Å². The van der Waals surface area contributed by atoms with Crippen molar-refractivity contribution in [2.24, 2.45) is 5.92 Å². The normalized spacial score (nSPS) is 34.1. The zero-order chi connectivity index (χ0) is 24.5. The predicted octanol–water partition coefficient (Wildman–Crippen LogP) is 2.01. The quantitative estimate of drug-likeness (QED) is 0.562. The average molecular weight is 494 g/mol. The smallest absolute Gasteiger partial charge is 0.256 e. The molecule has 1 amide bonds. The van der Waals surface area contributed by atoms with E-state index in [4.69, 9.17) is 4.74 Å². The monoisotopic (exact) mass is 493 g/mol. The average Bonchev–Trinajstić information content (AvgIpc) is 3.43. The minimum atomic E-state index is -0.205. The molecule has 1 aromatic heterocycles. The molecule has 0 radical (unpaired) electrons. The second-order valence-electron chi connectivity index (χ2n) is 11.1. The van der Waals surface area contributed by atoms with Gasteiger partial charge in [-0.15, -0.1) is 0 Å². The summed E-state index contributed by atoms with van der Waals surface area (Å²) < 4.78 is 6.79. The first-order valence-electron chi connectivity index (χ1n) is 14.0. The van der Waals surface area contributed by atoms with Crippen LogP contribution in [0.5, 0.6) is 0 Å². The molecule has 0 spiro atoms. The standard InChI is InChI=1S/C28H39N5O3/c34-26-20-10-11-22(31-17-19-7-3-4-12-29-19)27-25(20)33(23-8-1-2-9-24(23)36-27)18-21(26)28(35)30-13-16-32-14-5-6-15-32/h3-4,7,12,18,20,22-25,27,31H,1-2,5-6,8-11,13-17H2,(H,30,35). The second-order valence-corrected chi connectivity index (χ2v) is 11.1. The Morgan fingerprint density at radius 1 is 1.08 bits per heavy atom. The van der Waals surface area contributed by atoms with Crippen LogP contribution in [0.3, 0.4) is 0 Å². The van der Waals surface area contributed by atoms with Crippen LogP contribution in [-0.2, 0) is 20.9 Å². The summed E-state index contributed by atoms with van der Waals surface area (Å²) in [4.78, 5) is 36.1. The number of carbonyl (C=O) groups is 2. The van der Waals surface area contributed by atoms with Crippen LogP contribution in [0.2, 0.25) is 0 Å².